The molecule has 1 aromatic heterocycles. The van der Waals surface area contributed by atoms with Crippen LogP contribution in [0.25, 0.3) is 10.9 Å². The molecule has 0 saturated heterocycles. The second-order valence-corrected chi connectivity index (χ2v) is 6.44. The predicted octanol–water partition coefficient (Wildman–Crippen LogP) is 2.21. The van der Waals surface area contributed by atoms with Crippen LogP contribution in [0.1, 0.15) is 11.1 Å². The minimum absolute atomic E-state index is 0.0760. The maximum absolute atomic E-state index is 12.1. The summed E-state index contributed by atoms with van der Waals surface area (Å²) in [6.45, 7) is -0.308. The maximum Gasteiger partial charge on any atom is 0.407 e. The smallest absolute Gasteiger partial charge is 0.407 e. The SMILES string of the molecule is O=C(CNC(=O)OCc1ccccc1)NC(Cc1c[nH]c2ccccc12)C(=O)O. The number of H-pyrrole nitrogens is 1. The third kappa shape index (κ3) is 5.58. The number of carboxylic acids is 1. The predicted molar refractivity (Wildman–Crippen MR) is 106 cm³/mol. The highest BCUT2D eigenvalue weighted by Crippen LogP contribution is 2.19. The Morgan fingerprint density at radius 3 is 2.52 bits per heavy atom. The van der Waals surface area contributed by atoms with Gasteiger partial charge in [-0.2, -0.15) is 0 Å². The summed E-state index contributed by atoms with van der Waals surface area (Å²) >= 11 is 0. The molecule has 0 radical (unpaired) electrons. The number of benzene rings is 2. The van der Waals surface area contributed by atoms with Crippen LogP contribution in [0.4, 0.5) is 4.79 Å². The lowest BCUT2D eigenvalue weighted by Gasteiger charge is -2.14. The maximum atomic E-state index is 12.1. The van der Waals surface area contributed by atoms with E-state index in [1.165, 1.54) is 0 Å². The quantitative estimate of drug-likeness (QED) is 0.466. The van der Waals surface area contributed by atoms with Gasteiger partial charge in [0.25, 0.3) is 0 Å². The average Bonchev–Trinajstić information content (AvgIpc) is 3.14. The van der Waals surface area contributed by atoms with Crippen molar-refractivity contribution >= 4 is 28.9 Å². The van der Waals surface area contributed by atoms with E-state index >= 15 is 0 Å². The van der Waals surface area contributed by atoms with Crippen molar-refractivity contribution in [3.8, 4) is 0 Å². The number of fused-ring (bicyclic) bond motifs is 1. The largest absolute Gasteiger partial charge is 0.480 e. The van der Waals surface area contributed by atoms with E-state index in [9.17, 15) is 19.5 Å². The number of aliphatic carboxylic acids is 1. The van der Waals surface area contributed by atoms with Crippen LogP contribution in [-0.4, -0.2) is 40.6 Å². The molecule has 3 aromatic rings. The van der Waals surface area contributed by atoms with E-state index in [0.717, 1.165) is 22.0 Å². The van der Waals surface area contributed by atoms with Crippen molar-refractivity contribution in [3.05, 3.63) is 71.9 Å². The molecule has 8 nitrogen and oxygen atoms in total. The minimum Gasteiger partial charge on any atom is -0.480 e. The van der Waals surface area contributed by atoms with Gasteiger partial charge in [0.1, 0.15) is 19.2 Å². The van der Waals surface area contributed by atoms with Crippen molar-refractivity contribution < 1.29 is 24.2 Å². The summed E-state index contributed by atoms with van der Waals surface area (Å²) < 4.78 is 5.01. The molecule has 2 aromatic carbocycles. The van der Waals surface area contributed by atoms with Crippen LogP contribution < -0.4 is 10.6 Å². The molecule has 29 heavy (non-hydrogen) atoms. The first-order valence-corrected chi connectivity index (χ1v) is 9.04. The topological polar surface area (TPSA) is 121 Å². The molecule has 0 spiro atoms. The molecule has 0 aliphatic rings. The third-order valence-corrected chi connectivity index (χ3v) is 4.34. The molecule has 3 rings (SSSR count). The number of aromatic amines is 1. The number of aromatic nitrogens is 1. The summed E-state index contributed by atoms with van der Waals surface area (Å²) in [6, 6.07) is 15.5. The second kappa shape index (κ2) is 9.41. The summed E-state index contributed by atoms with van der Waals surface area (Å²) in [6.07, 6.45) is 1.09. The fraction of sp³-hybridized carbons (Fsp3) is 0.190. The van der Waals surface area contributed by atoms with Crippen LogP contribution in [-0.2, 0) is 27.4 Å². The van der Waals surface area contributed by atoms with E-state index < -0.39 is 24.0 Å². The molecule has 0 saturated carbocycles. The fourth-order valence-electron chi connectivity index (χ4n) is 2.89. The van der Waals surface area contributed by atoms with Gasteiger partial charge in [-0.1, -0.05) is 48.5 Å². The number of rotatable bonds is 8. The van der Waals surface area contributed by atoms with Crippen LogP contribution in [0.15, 0.2) is 60.8 Å². The van der Waals surface area contributed by atoms with Gasteiger partial charge in [-0.15, -0.1) is 0 Å². The summed E-state index contributed by atoms with van der Waals surface area (Å²) in [5.41, 5.74) is 2.49. The highest BCUT2D eigenvalue weighted by atomic mass is 16.5. The average molecular weight is 395 g/mol. The molecule has 0 aliphatic carbocycles. The van der Waals surface area contributed by atoms with Gasteiger partial charge in [0.2, 0.25) is 5.91 Å². The molecule has 2 amide bonds. The third-order valence-electron chi connectivity index (χ3n) is 4.34. The molecular weight excluding hydrogens is 374 g/mol. The number of hydrogen-bond acceptors (Lipinski definition) is 4. The number of nitrogens with one attached hydrogen (secondary N) is 3. The van der Waals surface area contributed by atoms with Gasteiger partial charge in [-0.3, -0.25) is 4.79 Å². The Balaban J connectivity index is 1.49. The Labute approximate surface area is 166 Å². The Bertz CT molecular complexity index is 1000. The normalized spacial score (nSPS) is 11.6. The number of carbonyl (C=O) groups is 3. The lowest BCUT2D eigenvalue weighted by Crippen LogP contribution is -2.46. The van der Waals surface area contributed by atoms with Crippen LogP contribution >= 0.6 is 0 Å². The number of hydrogen-bond donors (Lipinski definition) is 4. The number of ether oxygens (including phenoxy) is 1. The first kappa shape index (κ1) is 19.9. The van der Waals surface area contributed by atoms with Crippen molar-refractivity contribution in [2.24, 2.45) is 0 Å². The Morgan fingerprint density at radius 1 is 1.03 bits per heavy atom. The van der Waals surface area contributed by atoms with Crippen molar-refractivity contribution in [1.29, 1.82) is 0 Å². The van der Waals surface area contributed by atoms with E-state index in [1.807, 2.05) is 54.6 Å². The Morgan fingerprint density at radius 2 is 1.76 bits per heavy atom. The van der Waals surface area contributed by atoms with Crippen LogP contribution in [0.2, 0.25) is 0 Å². The molecule has 0 fully saturated rings. The summed E-state index contributed by atoms with van der Waals surface area (Å²) in [4.78, 5) is 38.4. The zero-order chi connectivity index (χ0) is 20.6. The molecule has 150 valence electrons. The van der Waals surface area contributed by atoms with Gasteiger partial charge in [-0.25, -0.2) is 9.59 Å². The summed E-state index contributed by atoms with van der Waals surface area (Å²) in [5, 5.41) is 15.1. The zero-order valence-corrected chi connectivity index (χ0v) is 15.6. The summed E-state index contributed by atoms with van der Waals surface area (Å²) in [5.74, 6) is -1.77. The molecule has 1 unspecified atom stereocenters. The van der Waals surface area contributed by atoms with Crippen LogP contribution in [0.3, 0.4) is 0 Å². The van der Waals surface area contributed by atoms with E-state index in [2.05, 4.69) is 15.6 Å². The van der Waals surface area contributed by atoms with Crippen molar-refractivity contribution in [2.45, 2.75) is 19.1 Å². The molecule has 1 atom stereocenters. The Hall–Kier alpha value is -3.81. The van der Waals surface area contributed by atoms with E-state index in [4.69, 9.17) is 4.74 Å². The number of carboxylic acid groups (broad SMARTS) is 1. The van der Waals surface area contributed by atoms with E-state index in [-0.39, 0.29) is 19.6 Å². The van der Waals surface area contributed by atoms with Crippen molar-refractivity contribution in [1.82, 2.24) is 15.6 Å². The minimum atomic E-state index is -1.16. The van der Waals surface area contributed by atoms with Gasteiger partial charge in [-0.05, 0) is 17.2 Å². The first-order chi connectivity index (χ1) is 14.0. The molecule has 0 bridgehead atoms. The summed E-state index contributed by atoms with van der Waals surface area (Å²) in [7, 11) is 0. The molecule has 4 N–H and O–H groups in total. The molecular formula is C21H21N3O5. The number of alkyl carbamates (subject to hydrolysis) is 1. The van der Waals surface area contributed by atoms with Crippen LogP contribution in [0, 0.1) is 0 Å². The number of amides is 2. The van der Waals surface area contributed by atoms with E-state index in [0.29, 0.717) is 0 Å². The monoisotopic (exact) mass is 395 g/mol. The van der Waals surface area contributed by atoms with Gasteiger partial charge >= 0.3 is 12.1 Å². The second-order valence-electron chi connectivity index (χ2n) is 6.44. The van der Waals surface area contributed by atoms with Gasteiger partial charge in [0, 0.05) is 23.5 Å². The molecule has 0 aliphatic heterocycles. The zero-order valence-electron chi connectivity index (χ0n) is 15.6. The molecule has 8 heteroatoms. The van der Waals surface area contributed by atoms with Gasteiger partial charge in [0.05, 0.1) is 0 Å². The Kier molecular flexibility index (Phi) is 6.47. The first-order valence-electron chi connectivity index (χ1n) is 9.04. The van der Waals surface area contributed by atoms with Gasteiger partial charge in [0.15, 0.2) is 0 Å². The fourth-order valence-corrected chi connectivity index (χ4v) is 2.89. The lowest BCUT2D eigenvalue weighted by molar-refractivity contribution is -0.141. The van der Waals surface area contributed by atoms with E-state index in [1.54, 1.807) is 6.20 Å². The standard InChI is InChI=1S/C21H21N3O5/c25-19(12-23-21(28)29-13-14-6-2-1-3-7-14)24-18(20(26)27)10-15-11-22-17-9-5-4-8-16(15)17/h1-9,11,18,22H,10,12-13H2,(H,23,28)(H,24,25)(H,26,27). The van der Waals surface area contributed by atoms with Crippen molar-refractivity contribution in [3.63, 3.8) is 0 Å². The number of carbonyl (C=O) groups excluding carboxylic acids is 2. The van der Waals surface area contributed by atoms with Gasteiger partial charge < -0.3 is 25.5 Å². The lowest BCUT2D eigenvalue weighted by atomic mass is 10.1. The molecule has 1 heterocycles. The van der Waals surface area contributed by atoms with Crippen molar-refractivity contribution in [2.75, 3.05) is 6.54 Å². The highest BCUT2D eigenvalue weighted by molar-refractivity contribution is 5.88. The number of para-hydroxylation sites is 1. The van der Waals surface area contributed by atoms with Crippen LogP contribution in [0.5, 0.6) is 0 Å². The highest BCUT2D eigenvalue weighted by Gasteiger charge is 2.22.